The zero-order valence-corrected chi connectivity index (χ0v) is 14.3. The lowest BCUT2D eigenvalue weighted by Crippen LogP contribution is -2.19. The number of H-pyrrole nitrogens is 1. The third-order valence-electron chi connectivity index (χ3n) is 5.04. The van der Waals surface area contributed by atoms with Crippen molar-refractivity contribution in [2.75, 3.05) is 0 Å². The maximum atomic E-state index is 12.3. The normalized spacial score (nSPS) is 16.7. The summed E-state index contributed by atoms with van der Waals surface area (Å²) in [7, 11) is 0. The Morgan fingerprint density at radius 1 is 1.12 bits per heavy atom. The van der Waals surface area contributed by atoms with Gasteiger partial charge in [-0.05, 0) is 42.2 Å². The Morgan fingerprint density at radius 3 is 2.64 bits per heavy atom. The van der Waals surface area contributed by atoms with Crippen LogP contribution < -0.4 is 0 Å². The van der Waals surface area contributed by atoms with Crippen molar-refractivity contribution in [3.05, 3.63) is 70.4 Å². The van der Waals surface area contributed by atoms with Gasteiger partial charge in [-0.1, -0.05) is 35.9 Å². The van der Waals surface area contributed by atoms with E-state index in [1.807, 2.05) is 19.2 Å². The van der Waals surface area contributed by atoms with Crippen molar-refractivity contribution < 1.29 is 9.90 Å². The molecule has 0 spiro atoms. The molecule has 2 N–H and O–H groups in total. The van der Waals surface area contributed by atoms with Crippen LogP contribution in [-0.4, -0.2) is 21.1 Å². The maximum Gasteiger partial charge on any atom is 0.138 e. The fraction of sp³-hybridized carbons (Fsp3) is 0.238. The monoisotopic (exact) mass is 332 g/mol. The molecule has 0 saturated heterocycles. The van der Waals surface area contributed by atoms with Crippen molar-refractivity contribution in [1.29, 1.82) is 0 Å². The first-order chi connectivity index (χ1) is 12.0. The van der Waals surface area contributed by atoms with Gasteiger partial charge in [-0.3, -0.25) is 9.89 Å². The highest BCUT2D eigenvalue weighted by atomic mass is 16.3. The first-order valence-corrected chi connectivity index (χ1v) is 8.47. The molecule has 4 heteroatoms. The van der Waals surface area contributed by atoms with Gasteiger partial charge in [-0.2, -0.15) is 5.10 Å². The van der Waals surface area contributed by atoms with Gasteiger partial charge in [0.2, 0.25) is 0 Å². The quantitative estimate of drug-likeness (QED) is 0.744. The molecule has 0 aliphatic heterocycles. The number of aromatic nitrogens is 2. The number of nitrogens with zero attached hydrogens (tertiary/aromatic N) is 1. The van der Waals surface area contributed by atoms with E-state index in [4.69, 9.17) is 0 Å². The van der Waals surface area contributed by atoms with E-state index in [-0.39, 0.29) is 17.5 Å². The Hall–Kier alpha value is -2.88. The molecule has 0 bridgehead atoms. The molecule has 4 rings (SSSR count). The number of phenolic OH excluding ortho intramolecular Hbond substituents is 1. The van der Waals surface area contributed by atoms with Gasteiger partial charge in [0.15, 0.2) is 0 Å². The molecule has 1 atom stereocenters. The average molecular weight is 332 g/mol. The molecule has 1 aromatic heterocycles. The second-order valence-electron chi connectivity index (χ2n) is 6.88. The first-order valence-electron chi connectivity index (χ1n) is 8.47. The van der Waals surface area contributed by atoms with Crippen LogP contribution >= 0.6 is 0 Å². The Balaban J connectivity index is 1.84. The number of Topliss-reactive ketones (excluding diaryl/α,β-unsaturated/α-hetero) is 1. The van der Waals surface area contributed by atoms with Crippen molar-refractivity contribution in [1.82, 2.24) is 10.2 Å². The van der Waals surface area contributed by atoms with Crippen LogP contribution in [0.2, 0.25) is 0 Å². The van der Waals surface area contributed by atoms with Gasteiger partial charge in [0.1, 0.15) is 11.5 Å². The number of fused-ring (bicyclic) bond motifs is 1. The van der Waals surface area contributed by atoms with E-state index >= 15 is 0 Å². The van der Waals surface area contributed by atoms with E-state index in [1.54, 1.807) is 6.07 Å². The molecule has 1 aliphatic rings. The molecule has 3 aromatic rings. The number of aromatic amines is 1. The van der Waals surface area contributed by atoms with Gasteiger partial charge in [-0.15, -0.1) is 0 Å². The molecule has 0 saturated carbocycles. The molecule has 2 aromatic carbocycles. The van der Waals surface area contributed by atoms with E-state index in [2.05, 4.69) is 41.4 Å². The highest BCUT2D eigenvalue weighted by Crippen LogP contribution is 2.40. The Morgan fingerprint density at radius 2 is 1.88 bits per heavy atom. The summed E-state index contributed by atoms with van der Waals surface area (Å²) < 4.78 is 0. The van der Waals surface area contributed by atoms with Crippen LogP contribution in [0.3, 0.4) is 0 Å². The van der Waals surface area contributed by atoms with Gasteiger partial charge >= 0.3 is 0 Å². The predicted molar refractivity (Wildman–Crippen MR) is 96.8 cm³/mol. The molecule has 0 fully saturated rings. The van der Waals surface area contributed by atoms with Crippen LogP contribution in [0.5, 0.6) is 5.75 Å². The molecule has 4 nitrogen and oxygen atoms in total. The Bertz CT molecular complexity index is 955. The van der Waals surface area contributed by atoms with Crippen LogP contribution in [0.4, 0.5) is 0 Å². The van der Waals surface area contributed by atoms with Crippen LogP contribution in [-0.2, 0) is 11.2 Å². The lowest BCUT2D eigenvalue weighted by molar-refractivity contribution is -0.119. The highest BCUT2D eigenvalue weighted by molar-refractivity contribution is 5.86. The fourth-order valence-electron chi connectivity index (χ4n) is 3.65. The highest BCUT2D eigenvalue weighted by Gasteiger charge is 2.30. The lowest BCUT2D eigenvalue weighted by Gasteiger charge is -2.26. The molecule has 0 amide bonds. The summed E-state index contributed by atoms with van der Waals surface area (Å²) in [6.07, 6.45) is 2.68. The third kappa shape index (κ3) is 2.74. The van der Waals surface area contributed by atoms with Gasteiger partial charge in [0.05, 0.1) is 11.9 Å². The molecule has 1 aliphatic carbocycles. The molecule has 1 heterocycles. The molecule has 0 radical (unpaired) electrons. The van der Waals surface area contributed by atoms with E-state index in [1.165, 1.54) is 5.56 Å². The molecule has 1 unspecified atom stereocenters. The van der Waals surface area contributed by atoms with Crippen molar-refractivity contribution in [2.24, 2.45) is 0 Å². The summed E-state index contributed by atoms with van der Waals surface area (Å²) in [6.45, 7) is 3.95. The standard InChI is InChI=1S/C21H20N2O2/c1-12-3-5-14(6-4-12)21-19(11-22-23-21)18-10-16(24)8-15-9-20(25)13(2)7-17(15)18/h3-7,9,11,18,25H,8,10H2,1-2H3,(H,22,23). The number of phenols is 1. The minimum Gasteiger partial charge on any atom is -0.508 e. The van der Waals surface area contributed by atoms with Gasteiger partial charge < -0.3 is 5.11 Å². The molecule has 25 heavy (non-hydrogen) atoms. The number of ketones is 1. The fourth-order valence-corrected chi connectivity index (χ4v) is 3.65. The molecule has 126 valence electrons. The van der Waals surface area contributed by atoms with Crippen LogP contribution in [0.15, 0.2) is 42.6 Å². The molecular weight excluding hydrogens is 312 g/mol. The van der Waals surface area contributed by atoms with Gasteiger partial charge in [0.25, 0.3) is 0 Å². The number of carbonyl (C=O) groups excluding carboxylic acids is 1. The number of nitrogens with one attached hydrogen (secondary N) is 1. The molecular formula is C21H20N2O2. The average Bonchev–Trinajstić information content (AvgIpc) is 3.06. The number of hydrogen-bond acceptors (Lipinski definition) is 3. The number of benzene rings is 2. The minimum atomic E-state index is -0.0365. The maximum absolute atomic E-state index is 12.3. The largest absolute Gasteiger partial charge is 0.508 e. The van der Waals surface area contributed by atoms with Crippen LogP contribution in [0, 0.1) is 13.8 Å². The number of aryl methyl sites for hydroxylation is 2. The van der Waals surface area contributed by atoms with Crippen molar-refractivity contribution in [2.45, 2.75) is 32.6 Å². The Labute approximate surface area is 146 Å². The van der Waals surface area contributed by atoms with Crippen LogP contribution in [0.1, 0.15) is 40.2 Å². The summed E-state index contributed by atoms with van der Waals surface area (Å²) in [5, 5.41) is 17.4. The zero-order chi connectivity index (χ0) is 17.6. The predicted octanol–water partition coefficient (Wildman–Crippen LogP) is 4.05. The SMILES string of the molecule is Cc1ccc(-c2[nH]ncc2C2CC(=O)Cc3cc(O)c(C)cc32)cc1. The summed E-state index contributed by atoms with van der Waals surface area (Å²) in [4.78, 5) is 12.3. The van der Waals surface area contributed by atoms with Crippen molar-refractivity contribution in [3.63, 3.8) is 0 Å². The van der Waals surface area contributed by atoms with Crippen LogP contribution in [0.25, 0.3) is 11.3 Å². The first kappa shape index (κ1) is 15.6. The topological polar surface area (TPSA) is 66.0 Å². The number of aromatic hydroxyl groups is 1. The van der Waals surface area contributed by atoms with E-state index in [9.17, 15) is 9.90 Å². The van der Waals surface area contributed by atoms with E-state index in [0.717, 1.165) is 33.5 Å². The van der Waals surface area contributed by atoms with Crippen molar-refractivity contribution in [3.8, 4) is 17.0 Å². The Kier molecular flexibility index (Phi) is 3.68. The minimum absolute atomic E-state index is 0.0365. The smallest absolute Gasteiger partial charge is 0.138 e. The summed E-state index contributed by atoms with van der Waals surface area (Å²) in [5.41, 5.74) is 7.12. The summed E-state index contributed by atoms with van der Waals surface area (Å²) in [5.74, 6) is 0.403. The summed E-state index contributed by atoms with van der Waals surface area (Å²) >= 11 is 0. The number of rotatable bonds is 2. The lowest BCUT2D eigenvalue weighted by atomic mass is 9.77. The van der Waals surface area contributed by atoms with Gasteiger partial charge in [0, 0.05) is 24.3 Å². The van der Waals surface area contributed by atoms with Gasteiger partial charge in [-0.25, -0.2) is 0 Å². The summed E-state index contributed by atoms with van der Waals surface area (Å²) in [6, 6.07) is 12.0. The number of carbonyl (C=O) groups is 1. The third-order valence-corrected chi connectivity index (χ3v) is 5.04. The second-order valence-corrected chi connectivity index (χ2v) is 6.88. The van der Waals surface area contributed by atoms with E-state index in [0.29, 0.717) is 12.8 Å². The van der Waals surface area contributed by atoms with E-state index < -0.39 is 0 Å². The number of hydrogen-bond donors (Lipinski definition) is 2. The zero-order valence-electron chi connectivity index (χ0n) is 14.3. The second kappa shape index (κ2) is 5.88. The van der Waals surface area contributed by atoms with Crippen molar-refractivity contribution >= 4 is 5.78 Å².